The second-order valence-corrected chi connectivity index (χ2v) is 4.40. The average Bonchev–Trinajstić information content (AvgIpc) is 2.39. The first kappa shape index (κ1) is 14.5. The quantitative estimate of drug-likeness (QED) is 0.393. The lowest BCUT2D eigenvalue weighted by atomic mass is 9.95. The van der Waals surface area contributed by atoms with E-state index in [1.807, 2.05) is 0 Å². The van der Waals surface area contributed by atoms with E-state index in [1.165, 1.54) is 18.2 Å². The fourth-order valence-electron chi connectivity index (χ4n) is 2.07. The summed E-state index contributed by atoms with van der Waals surface area (Å²) >= 11 is 0. The monoisotopic (exact) mass is 284 g/mol. The lowest BCUT2D eigenvalue weighted by Gasteiger charge is -2.19. The van der Waals surface area contributed by atoms with E-state index in [0.29, 0.717) is 11.1 Å². The molecule has 6 heteroatoms. The van der Waals surface area contributed by atoms with Crippen LogP contribution in [0.1, 0.15) is 22.7 Å². The highest BCUT2D eigenvalue weighted by Gasteiger charge is 2.19. The molecule has 1 unspecified atom stereocenters. The van der Waals surface area contributed by atoms with Crippen molar-refractivity contribution in [3.63, 3.8) is 0 Å². The zero-order valence-electron chi connectivity index (χ0n) is 10.6. The fourth-order valence-corrected chi connectivity index (χ4v) is 2.07. The van der Waals surface area contributed by atoms with E-state index in [4.69, 9.17) is 5.84 Å². The van der Waals surface area contributed by atoms with Crippen LogP contribution in [0.15, 0.2) is 30.3 Å². The molecule has 0 fully saturated rings. The number of hydrazine groups is 1. The van der Waals surface area contributed by atoms with Crippen molar-refractivity contribution in [3.8, 4) is 0 Å². The van der Waals surface area contributed by atoms with Crippen molar-refractivity contribution in [1.29, 1.82) is 0 Å². The van der Waals surface area contributed by atoms with Crippen molar-refractivity contribution in [2.75, 3.05) is 0 Å². The Kier molecular flexibility index (Phi) is 4.06. The first-order chi connectivity index (χ1) is 9.43. The maximum absolute atomic E-state index is 13.3. The minimum absolute atomic E-state index is 0.110. The van der Waals surface area contributed by atoms with Gasteiger partial charge in [0.15, 0.2) is 17.5 Å². The van der Waals surface area contributed by atoms with Crippen LogP contribution in [-0.4, -0.2) is 0 Å². The van der Waals surface area contributed by atoms with Gasteiger partial charge in [-0.1, -0.05) is 6.07 Å². The summed E-state index contributed by atoms with van der Waals surface area (Å²) in [6, 6.07) is 4.87. The summed E-state index contributed by atoms with van der Waals surface area (Å²) in [7, 11) is 0. The van der Waals surface area contributed by atoms with Gasteiger partial charge in [-0.2, -0.15) is 0 Å². The second kappa shape index (κ2) is 5.60. The highest BCUT2D eigenvalue weighted by atomic mass is 19.2. The van der Waals surface area contributed by atoms with Gasteiger partial charge >= 0.3 is 0 Å². The van der Waals surface area contributed by atoms with Gasteiger partial charge in [0.1, 0.15) is 5.82 Å². The fraction of sp³-hybridized carbons (Fsp3) is 0.143. The summed E-state index contributed by atoms with van der Waals surface area (Å²) in [4.78, 5) is 0. The van der Waals surface area contributed by atoms with E-state index in [0.717, 1.165) is 12.1 Å². The zero-order chi connectivity index (χ0) is 14.9. The van der Waals surface area contributed by atoms with Gasteiger partial charge in [-0.05, 0) is 47.9 Å². The third-order valence-corrected chi connectivity index (χ3v) is 3.05. The highest BCUT2D eigenvalue weighted by molar-refractivity contribution is 5.37. The van der Waals surface area contributed by atoms with E-state index >= 15 is 0 Å². The van der Waals surface area contributed by atoms with Gasteiger partial charge < -0.3 is 0 Å². The standard InChI is InChI=1S/C14H12F4N2/c1-7-4-9(15)2-3-10(7)14(20-19)8-5-11(16)13(18)12(17)6-8/h2-6,14,20H,19H2,1H3. The first-order valence-electron chi connectivity index (χ1n) is 5.80. The third kappa shape index (κ3) is 2.66. The molecule has 0 saturated heterocycles. The van der Waals surface area contributed by atoms with Gasteiger partial charge in [-0.3, -0.25) is 5.84 Å². The van der Waals surface area contributed by atoms with Crippen molar-refractivity contribution in [2.24, 2.45) is 5.84 Å². The Morgan fingerprint density at radius 3 is 2.10 bits per heavy atom. The van der Waals surface area contributed by atoms with E-state index in [2.05, 4.69) is 5.43 Å². The Hall–Kier alpha value is -1.92. The molecule has 2 nitrogen and oxygen atoms in total. The van der Waals surface area contributed by atoms with Gasteiger partial charge in [0.2, 0.25) is 0 Å². The molecule has 2 aromatic carbocycles. The summed E-state index contributed by atoms with van der Waals surface area (Å²) in [5, 5.41) is 0. The van der Waals surface area contributed by atoms with Crippen LogP contribution in [0.25, 0.3) is 0 Å². The smallest absolute Gasteiger partial charge is 0.194 e. The molecule has 0 bridgehead atoms. The number of nitrogens with two attached hydrogens (primary N) is 1. The summed E-state index contributed by atoms with van der Waals surface area (Å²) < 4.78 is 52.6. The molecule has 0 spiro atoms. The Labute approximate surface area is 113 Å². The number of hydrogen-bond acceptors (Lipinski definition) is 2. The Bertz CT molecular complexity index is 620. The molecule has 2 aromatic rings. The van der Waals surface area contributed by atoms with E-state index in [-0.39, 0.29) is 5.56 Å². The number of rotatable bonds is 3. The molecule has 0 radical (unpaired) electrons. The first-order valence-corrected chi connectivity index (χ1v) is 5.80. The molecule has 0 aliphatic carbocycles. The number of aryl methyl sites for hydroxylation is 1. The predicted octanol–water partition coefficient (Wildman–Crippen LogP) is 3.10. The predicted molar refractivity (Wildman–Crippen MR) is 66.6 cm³/mol. The van der Waals surface area contributed by atoms with Crippen LogP contribution >= 0.6 is 0 Å². The molecule has 0 amide bonds. The normalized spacial score (nSPS) is 12.5. The summed E-state index contributed by atoms with van der Waals surface area (Å²) in [5.74, 6) is 0.815. The maximum Gasteiger partial charge on any atom is 0.194 e. The van der Waals surface area contributed by atoms with Crippen LogP contribution in [0.2, 0.25) is 0 Å². The molecule has 3 N–H and O–H groups in total. The minimum atomic E-state index is -1.54. The molecule has 0 aromatic heterocycles. The van der Waals surface area contributed by atoms with Crippen molar-refractivity contribution in [2.45, 2.75) is 13.0 Å². The van der Waals surface area contributed by atoms with Gasteiger partial charge in [0.05, 0.1) is 6.04 Å². The van der Waals surface area contributed by atoms with E-state index in [1.54, 1.807) is 6.92 Å². The molecule has 1 atom stereocenters. The molecule has 20 heavy (non-hydrogen) atoms. The van der Waals surface area contributed by atoms with Crippen LogP contribution in [0.5, 0.6) is 0 Å². The SMILES string of the molecule is Cc1cc(F)ccc1C(NN)c1cc(F)c(F)c(F)c1. The van der Waals surface area contributed by atoms with Crippen LogP contribution in [0.4, 0.5) is 17.6 Å². The molecule has 0 heterocycles. The molecule has 0 aliphatic heterocycles. The molecule has 0 aliphatic rings. The Balaban J connectivity index is 2.52. The van der Waals surface area contributed by atoms with Gasteiger partial charge in [0, 0.05) is 0 Å². The largest absolute Gasteiger partial charge is 0.271 e. The van der Waals surface area contributed by atoms with Crippen molar-refractivity contribution in [1.82, 2.24) is 5.43 Å². The maximum atomic E-state index is 13.3. The minimum Gasteiger partial charge on any atom is -0.271 e. The van der Waals surface area contributed by atoms with Crippen molar-refractivity contribution >= 4 is 0 Å². The van der Waals surface area contributed by atoms with E-state index in [9.17, 15) is 17.6 Å². The molecule has 106 valence electrons. The van der Waals surface area contributed by atoms with Crippen LogP contribution in [0, 0.1) is 30.2 Å². The lowest BCUT2D eigenvalue weighted by molar-refractivity contribution is 0.442. The number of benzene rings is 2. The van der Waals surface area contributed by atoms with Gasteiger partial charge in [0.25, 0.3) is 0 Å². The van der Waals surface area contributed by atoms with Crippen LogP contribution < -0.4 is 11.3 Å². The second-order valence-electron chi connectivity index (χ2n) is 4.40. The van der Waals surface area contributed by atoms with Crippen molar-refractivity contribution in [3.05, 3.63) is 70.3 Å². The highest BCUT2D eigenvalue weighted by Crippen LogP contribution is 2.27. The van der Waals surface area contributed by atoms with Crippen LogP contribution in [0.3, 0.4) is 0 Å². The molecular formula is C14H12F4N2. The summed E-state index contributed by atoms with van der Waals surface area (Å²) in [5.41, 5.74) is 3.60. The van der Waals surface area contributed by atoms with Gasteiger partial charge in [-0.15, -0.1) is 0 Å². The summed E-state index contributed by atoms with van der Waals surface area (Å²) in [6.07, 6.45) is 0. The number of nitrogens with one attached hydrogen (secondary N) is 1. The zero-order valence-corrected chi connectivity index (χ0v) is 10.6. The van der Waals surface area contributed by atoms with Crippen LogP contribution in [-0.2, 0) is 0 Å². The Morgan fingerprint density at radius 2 is 1.60 bits per heavy atom. The Morgan fingerprint density at radius 1 is 1.00 bits per heavy atom. The van der Waals surface area contributed by atoms with Gasteiger partial charge in [-0.25, -0.2) is 23.0 Å². The number of hydrogen-bond donors (Lipinski definition) is 2. The third-order valence-electron chi connectivity index (χ3n) is 3.05. The molecule has 2 rings (SSSR count). The number of halogens is 4. The molecular weight excluding hydrogens is 272 g/mol. The van der Waals surface area contributed by atoms with Crippen molar-refractivity contribution < 1.29 is 17.6 Å². The average molecular weight is 284 g/mol. The summed E-state index contributed by atoms with van der Waals surface area (Å²) in [6.45, 7) is 1.64. The van der Waals surface area contributed by atoms with E-state index < -0.39 is 29.3 Å². The lowest BCUT2D eigenvalue weighted by Crippen LogP contribution is -2.29. The molecule has 0 saturated carbocycles. The topological polar surface area (TPSA) is 38.0 Å².